The van der Waals surface area contributed by atoms with Crippen molar-refractivity contribution in [3.8, 4) is 6.07 Å². The van der Waals surface area contributed by atoms with Crippen molar-refractivity contribution in [2.45, 2.75) is 56.7 Å². The second kappa shape index (κ2) is 4.11. The Morgan fingerprint density at radius 1 is 1.40 bits per heavy atom. The van der Waals surface area contributed by atoms with Crippen LogP contribution in [0.15, 0.2) is 0 Å². The molecule has 2 aliphatic rings. The molecular formula is C12H21N3. The van der Waals surface area contributed by atoms with E-state index in [1.807, 2.05) is 7.05 Å². The zero-order valence-corrected chi connectivity index (χ0v) is 9.79. The molecule has 2 saturated carbocycles. The van der Waals surface area contributed by atoms with Crippen molar-refractivity contribution in [2.24, 2.45) is 0 Å². The monoisotopic (exact) mass is 207 g/mol. The summed E-state index contributed by atoms with van der Waals surface area (Å²) in [6.45, 7) is 3.38. The van der Waals surface area contributed by atoms with E-state index in [9.17, 15) is 5.26 Å². The minimum Gasteiger partial charge on any atom is -0.302 e. The Morgan fingerprint density at radius 2 is 2.13 bits per heavy atom. The van der Waals surface area contributed by atoms with Gasteiger partial charge in [0.15, 0.2) is 0 Å². The first kappa shape index (κ1) is 10.9. The molecule has 3 heteroatoms. The van der Waals surface area contributed by atoms with E-state index in [-0.39, 0.29) is 5.54 Å². The summed E-state index contributed by atoms with van der Waals surface area (Å²) in [6.07, 6.45) is 5.92. The lowest BCUT2D eigenvalue weighted by molar-refractivity contribution is 0.193. The molecule has 0 bridgehead atoms. The van der Waals surface area contributed by atoms with Crippen molar-refractivity contribution in [3.05, 3.63) is 0 Å². The standard InChI is InChI=1S/C12H21N3/c1-3-15(10-4-5-10)11-6-7-12(8-11,9-13)14-2/h10-11,14H,3-8H2,1-2H3. The Hall–Kier alpha value is -0.590. The Bertz CT molecular complexity index is 267. The highest BCUT2D eigenvalue weighted by molar-refractivity contribution is 5.13. The Morgan fingerprint density at radius 3 is 2.53 bits per heavy atom. The molecule has 15 heavy (non-hydrogen) atoms. The highest BCUT2D eigenvalue weighted by Gasteiger charge is 2.43. The summed E-state index contributed by atoms with van der Waals surface area (Å²) in [4.78, 5) is 2.61. The number of hydrogen-bond acceptors (Lipinski definition) is 3. The molecule has 2 unspecified atom stereocenters. The first-order valence-electron chi connectivity index (χ1n) is 6.10. The van der Waals surface area contributed by atoms with Crippen LogP contribution in [0.2, 0.25) is 0 Å². The van der Waals surface area contributed by atoms with Crippen LogP contribution in [0, 0.1) is 11.3 Å². The van der Waals surface area contributed by atoms with Crippen molar-refractivity contribution >= 4 is 0 Å². The van der Waals surface area contributed by atoms with Gasteiger partial charge >= 0.3 is 0 Å². The lowest BCUT2D eigenvalue weighted by Crippen LogP contribution is -2.42. The molecule has 0 aromatic rings. The summed E-state index contributed by atoms with van der Waals surface area (Å²) in [5, 5.41) is 12.4. The molecule has 3 nitrogen and oxygen atoms in total. The van der Waals surface area contributed by atoms with Crippen LogP contribution >= 0.6 is 0 Å². The molecule has 0 aromatic carbocycles. The normalized spacial score (nSPS) is 35.7. The third kappa shape index (κ3) is 2.02. The zero-order chi connectivity index (χ0) is 10.9. The van der Waals surface area contributed by atoms with Gasteiger partial charge < -0.3 is 5.32 Å². The van der Waals surface area contributed by atoms with Crippen LogP contribution in [0.5, 0.6) is 0 Å². The van der Waals surface area contributed by atoms with Gasteiger partial charge in [0, 0.05) is 12.1 Å². The molecule has 1 N–H and O–H groups in total. The number of rotatable bonds is 4. The predicted molar refractivity (Wildman–Crippen MR) is 60.4 cm³/mol. The van der Waals surface area contributed by atoms with Gasteiger partial charge in [0.05, 0.1) is 6.07 Å². The van der Waals surface area contributed by atoms with E-state index < -0.39 is 0 Å². The topological polar surface area (TPSA) is 39.1 Å². The van der Waals surface area contributed by atoms with E-state index in [1.54, 1.807) is 0 Å². The van der Waals surface area contributed by atoms with Crippen LogP contribution in [0.25, 0.3) is 0 Å². The predicted octanol–water partition coefficient (Wildman–Crippen LogP) is 1.50. The molecule has 0 saturated heterocycles. The van der Waals surface area contributed by atoms with E-state index in [0.717, 1.165) is 25.4 Å². The van der Waals surface area contributed by atoms with Gasteiger partial charge in [-0.1, -0.05) is 6.92 Å². The van der Waals surface area contributed by atoms with Crippen LogP contribution in [-0.4, -0.2) is 36.1 Å². The highest BCUT2D eigenvalue weighted by atomic mass is 15.2. The number of nitrogens with zero attached hydrogens (tertiary/aromatic N) is 2. The van der Waals surface area contributed by atoms with E-state index in [4.69, 9.17) is 0 Å². The van der Waals surface area contributed by atoms with Crippen molar-refractivity contribution in [3.63, 3.8) is 0 Å². The largest absolute Gasteiger partial charge is 0.302 e. The third-order valence-electron chi connectivity index (χ3n) is 4.03. The minimum atomic E-state index is -0.243. The van der Waals surface area contributed by atoms with E-state index in [2.05, 4.69) is 23.2 Å². The van der Waals surface area contributed by atoms with Crippen molar-refractivity contribution in [1.82, 2.24) is 10.2 Å². The van der Waals surface area contributed by atoms with Crippen LogP contribution in [0.4, 0.5) is 0 Å². The Balaban J connectivity index is 1.99. The molecular weight excluding hydrogens is 186 g/mol. The average molecular weight is 207 g/mol. The Kier molecular flexibility index (Phi) is 2.99. The summed E-state index contributed by atoms with van der Waals surface area (Å²) in [6, 6.07) is 3.92. The summed E-state index contributed by atoms with van der Waals surface area (Å²) in [5.41, 5.74) is -0.243. The van der Waals surface area contributed by atoms with Crippen LogP contribution in [0.1, 0.15) is 39.0 Å². The van der Waals surface area contributed by atoms with E-state index >= 15 is 0 Å². The molecule has 2 rings (SSSR count). The van der Waals surface area contributed by atoms with Crippen molar-refractivity contribution in [1.29, 1.82) is 5.26 Å². The first-order chi connectivity index (χ1) is 7.24. The summed E-state index contributed by atoms with van der Waals surface area (Å²) in [5.74, 6) is 0. The Labute approximate surface area is 92.4 Å². The fraction of sp³-hybridized carbons (Fsp3) is 0.917. The molecule has 0 aliphatic heterocycles. The van der Waals surface area contributed by atoms with Gasteiger partial charge in [-0.05, 0) is 45.7 Å². The molecule has 0 radical (unpaired) electrons. The molecule has 2 atom stereocenters. The molecule has 2 aliphatic carbocycles. The summed E-state index contributed by atoms with van der Waals surface area (Å²) >= 11 is 0. The van der Waals surface area contributed by atoms with Crippen LogP contribution in [0.3, 0.4) is 0 Å². The second-order valence-corrected chi connectivity index (χ2v) is 4.90. The molecule has 2 fully saturated rings. The first-order valence-corrected chi connectivity index (χ1v) is 6.10. The quantitative estimate of drug-likeness (QED) is 0.759. The lowest BCUT2D eigenvalue weighted by Gasteiger charge is -2.28. The van der Waals surface area contributed by atoms with Crippen LogP contribution < -0.4 is 5.32 Å². The van der Waals surface area contributed by atoms with Crippen molar-refractivity contribution < 1.29 is 0 Å². The maximum absolute atomic E-state index is 9.21. The van der Waals surface area contributed by atoms with Gasteiger partial charge in [-0.2, -0.15) is 5.26 Å². The lowest BCUT2D eigenvalue weighted by atomic mass is 10.00. The number of nitriles is 1. The van der Waals surface area contributed by atoms with Gasteiger partial charge in [0.1, 0.15) is 5.54 Å². The number of nitrogens with one attached hydrogen (secondary N) is 1. The van der Waals surface area contributed by atoms with E-state index in [0.29, 0.717) is 6.04 Å². The molecule has 0 heterocycles. The van der Waals surface area contributed by atoms with Crippen LogP contribution in [-0.2, 0) is 0 Å². The van der Waals surface area contributed by atoms with Crippen molar-refractivity contribution in [2.75, 3.05) is 13.6 Å². The second-order valence-electron chi connectivity index (χ2n) is 4.90. The fourth-order valence-corrected chi connectivity index (χ4v) is 2.91. The molecule has 84 valence electrons. The maximum Gasteiger partial charge on any atom is 0.108 e. The van der Waals surface area contributed by atoms with Gasteiger partial charge in [-0.15, -0.1) is 0 Å². The summed E-state index contributed by atoms with van der Waals surface area (Å²) < 4.78 is 0. The van der Waals surface area contributed by atoms with Gasteiger partial charge in [-0.25, -0.2) is 0 Å². The highest BCUT2D eigenvalue weighted by Crippen LogP contribution is 2.37. The van der Waals surface area contributed by atoms with E-state index in [1.165, 1.54) is 19.3 Å². The number of hydrogen-bond donors (Lipinski definition) is 1. The fourth-order valence-electron chi connectivity index (χ4n) is 2.91. The maximum atomic E-state index is 9.21. The zero-order valence-electron chi connectivity index (χ0n) is 9.79. The molecule has 0 aromatic heterocycles. The van der Waals surface area contributed by atoms with Gasteiger partial charge in [0.2, 0.25) is 0 Å². The van der Waals surface area contributed by atoms with Gasteiger partial charge in [-0.3, -0.25) is 4.90 Å². The molecule has 0 spiro atoms. The molecule has 0 amide bonds. The third-order valence-corrected chi connectivity index (χ3v) is 4.03. The average Bonchev–Trinajstić information content (AvgIpc) is 3.00. The summed E-state index contributed by atoms with van der Waals surface area (Å²) in [7, 11) is 1.92. The minimum absolute atomic E-state index is 0.243. The smallest absolute Gasteiger partial charge is 0.108 e. The SMILES string of the molecule is CCN(C1CC1)C1CCC(C#N)(NC)C1. The van der Waals surface area contributed by atoms with Gasteiger partial charge in [0.25, 0.3) is 0 Å².